The van der Waals surface area contributed by atoms with Crippen LogP contribution in [-0.4, -0.2) is 21.5 Å². The van der Waals surface area contributed by atoms with Gasteiger partial charge in [-0.1, -0.05) is 28.1 Å². The number of hydrogen-bond donors (Lipinski definition) is 1. The summed E-state index contributed by atoms with van der Waals surface area (Å²) in [5, 5.41) is 0. The van der Waals surface area contributed by atoms with Crippen molar-refractivity contribution in [2.45, 2.75) is 17.4 Å². The molecule has 2 aromatic carbocycles. The van der Waals surface area contributed by atoms with E-state index >= 15 is 0 Å². The molecule has 0 radical (unpaired) electrons. The van der Waals surface area contributed by atoms with Gasteiger partial charge in [0.1, 0.15) is 16.5 Å². The van der Waals surface area contributed by atoms with Crippen LogP contribution in [0.1, 0.15) is 18.0 Å². The van der Waals surface area contributed by atoms with Gasteiger partial charge in [-0.25, -0.2) is 21.9 Å². The van der Waals surface area contributed by atoms with Crippen molar-refractivity contribution in [3.8, 4) is 0 Å². The Morgan fingerprint density at radius 3 is 2.60 bits per heavy atom. The van der Waals surface area contributed by atoms with Gasteiger partial charge in [0, 0.05) is 4.47 Å². The van der Waals surface area contributed by atoms with Gasteiger partial charge in [-0.05, 0) is 35.9 Å². The molecule has 1 unspecified atom stereocenters. The summed E-state index contributed by atoms with van der Waals surface area (Å²) in [4.78, 5) is 10.8. The summed E-state index contributed by atoms with van der Waals surface area (Å²) in [5.74, 6) is -2.65. The van der Waals surface area contributed by atoms with Crippen LogP contribution >= 0.6 is 15.9 Å². The summed E-state index contributed by atoms with van der Waals surface area (Å²) in [6, 6.07) is 7.68. The molecule has 0 amide bonds. The lowest BCUT2D eigenvalue weighted by atomic mass is 10.1. The molecule has 5 nitrogen and oxygen atoms in total. The number of halogens is 3. The zero-order valence-electron chi connectivity index (χ0n) is 13.0. The second kappa shape index (κ2) is 8.03. The van der Waals surface area contributed by atoms with E-state index < -0.39 is 38.6 Å². The highest BCUT2D eigenvalue weighted by atomic mass is 79.9. The fraction of sp³-hybridized carbons (Fsp3) is 0.188. The van der Waals surface area contributed by atoms with Crippen molar-refractivity contribution in [3.05, 3.63) is 64.1 Å². The van der Waals surface area contributed by atoms with Crippen LogP contribution in [0.2, 0.25) is 0 Å². The van der Waals surface area contributed by atoms with Crippen molar-refractivity contribution < 1.29 is 26.7 Å². The molecule has 0 aliphatic heterocycles. The molecule has 134 valence electrons. The van der Waals surface area contributed by atoms with Gasteiger partial charge in [0.15, 0.2) is 0 Å². The fourth-order valence-electron chi connectivity index (χ4n) is 2.13. The largest absolute Gasteiger partial charge is 0.469 e. The van der Waals surface area contributed by atoms with Crippen LogP contribution in [0, 0.1) is 11.6 Å². The van der Waals surface area contributed by atoms with E-state index in [0.717, 1.165) is 12.1 Å². The normalized spacial score (nSPS) is 12.6. The average Bonchev–Trinajstić information content (AvgIpc) is 2.56. The van der Waals surface area contributed by atoms with E-state index in [1.165, 1.54) is 7.11 Å². The molecule has 9 heteroatoms. The van der Waals surface area contributed by atoms with Gasteiger partial charge < -0.3 is 4.74 Å². The van der Waals surface area contributed by atoms with Crippen molar-refractivity contribution in [3.63, 3.8) is 0 Å². The lowest BCUT2D eigenvalue weighted by molar-refractivity contribution is -0.141. The van der Waals surface area contributed by atoms with E-state index in [9.17, 15) is 22.0 Å². The van der Waals surface area contributed by atoms with Crippen molar-refractivity contribution >= 4 is 31.9 Å². The third kappa shape index (κ3) is 5.07. The molecule has 1 N–H and O–H groups in total. The Hall–Kier alpha value is -1.84. The molecule has 0 aromatic heterocycles. The Morgan fingerprint density at radius 1 is 1.24 bits per heavy atom. The highest BCUT2D eigenvalue weighted by Crippen LogP contribution is 2.25. The van der Waals surface area contributed by atoms with Crippen LogP contribution in [0.4, 0.5) is 8.78 Å². The number of methoxy groups -OCH3 is 1. The molecule has 0 fully saturated rings. The SMILES string of the molecule is COC(=O)CC(NS(=O)(=O)c1cc(F)ccc1F)c1cccc(Br)c1. The lowest BCUT2D eigenvalue weighted by Gasteiger charge is -2.19. The number of nitrogens with one attached hydrogen (secondary N) is 1. The molecule has 0 spiro atoms. The van der Waals surface area contributed by atoms with Crippen LogP contribution in [0.25, 0.3) is 0 Å². The van der Waals surface area contributed by atoms with Crippen molar-refractivity contribution in [2.75, 3.05) is 7.11 Å². The van der Waals surface area contributed by atoms with Crippen LogP contribution < -0.4 is 4.72 Å². The smallest absolute Gasteiger partial charge is 0.307 e. The van der Waals surface area contributed by atoms with E-state index in [0.29, 0.717) is 16.1 Å². The van der Waals surface area contributed by atoms with Crippen molar-refractivity contribution in [1.82, 2.24) is 4.72 Å². The number of carbonyl (C=O) groups is 1. The van der Waals surface area contributed by atoms with Gasteiger partial charge in [0.2, 0.25) is 10.0 Å². The monoisotopic (exact) mass is 433 g/mol. The van der Waals surface area contributed by atoms with Crippen molar-refractivity contribution in [1.29, 1.82) is 0 Å². The summed E-state index contributed by atoms with van der Waals surface area (Å²) in [6.45, 7) is 0. The Bertz CT molecular complexity index is 889. The highest BCUT2D eigenvalue weighted by molar-refractivity contribution is 9.10. The topological polar surface area (TPSA) is 72.5 Å². The minimum absolute atomic E-state index is 0.316. The predicted molar refractivity (Wildman–Crippen MR) is 90.2 cm³/mol. The molecule has 25 heavy (non-hydrogen) atoms. The summed E-state index contributed by atoms with van der Waals surface area (Å²) >= 11 is 3.26. The van der Waals surface area contributed by atoms with Gasteiger partial charge in [0.05, 0.1) is 19.6 Å². The molecule has 0 saturated heterocycles. The van der Waals surface area contributed by atoms with Crippen LogP contribution in [0.3, 0.4) is 0 Å². The standard InChI is InChI=1S/C16H14BrF2NO4S/c1-24-16(21)9-14(10-3-2-4-11(17)7-10)20-25(22,23)15-8-12(18)5-6-13(15)19/h2-8,14,20H,9H2,1H3. The number of hydrogen-bond acceptors (Lipinski definition) is 4. The first-order valence-corrected chi connectivity index (χ1v) is 9.30. The first-order valence-electron chi connectivity index (χ1n) is 7.02. The van der Waals surface area contributed by atoms with Crippen LogP contribution in [0.15, 0.2) is 51.8 Å². The minimum Gasteiger partial charge on any atom is -0.469 e. The highest BCUT2D eigenvalue weighted by Gasteiger charge is 2.27. The van der Waals surface area contributed by atoms with Gasteiger partial charge in [-0.15, -0.1) is 0 Å². The van der Waals surface area contributed by atoms with Crippen LogP contribution in [-0.2, 0) is 19.6 Å². The Morgan fingerprint density at radius 2 is 1.96 bits per heavy atom. The summed E-state index contributed by atoms with van der Waals surface area (Å²) < 4.78 is 59.5. The minimum atomic E-state index is -4.42. The zero-order chi connectivity index (χ0) is 18.6. The second-order valence-electron chi connectivity index (χ2n) is 5.08. The Kier molecular flexibility index (Phi) is 6.26. The van der Waals surface area contributed by atoms with Gasteiger partial charge >= 0.3 is 5.97 Å². The molecule has 2 aromatic rings. The van der Waals surface area contributed by atoms with E-state index in [1.807, 2.05) is 0 Å². The third-order valence-electron chi connectivity index (χ3n) is 3.33. The maximum absolute atomic E-state index is 13.8. The molecule has 2 rings (SSSR count). The van der Waals surface area contributed by atoms with E-state index in [4.69, 9.17) is 0 Å². The molecule has 1 atom stereocenters. The quantitative estimate of drug-likeness (QED) is 0.709. The fourth-order valence-corrected chi connectivity index (χ4v) is 3.87. The molecule has 0 saturated carbocycles. The average molecular weight is 434 g/mol. The lowest BCUT2D eigenvalue weighted by Crippen LogP contribution is -2.31. The number of benzene rings is 2. The molecule has 0 aliphatic carbocycles. The number of rotatable bonds is 6. The molecule has 0 aliphatic rings. The number of carbonyl (C=O) groups excluding carboxylic acids is 1. The second-order valence-corrected chi connectivity index (χ2v) is 7.68. The van der Waals surface area contributed by atoms with Gasteiger partial charge in [-0.3, -0.25) is 4.79 Å². The third-order valence-corrected chi connectivity index (χ3v) is 5.31. The number of sulfonamides is 1. The predicted octanol–water partition coefficient (Wildman–Crippen LogP) is 3.31. The van der Waals surface area contributed by atoms with E-state index in [2.05, 4.69) is 25.4 Å². The van der Waals surface area contributed by atoms with Gasteiger partial charge in [0.25, 0.3) is 0 Å². The van der Waals surface area contributed by atoms with Crippen LogP contribution in [0.5, 0.6) is 0 Å². The number of ether oxygens (including phenoxy) is 1. The Balaban J connectivity index is 2.41. The first-order chi connectivity index (χ1) is 11.7. The first kappa shape index (κ1) is 19.5. The molecule has 0 bridgehead atoms. The molecular weight excluding hydrogens is 420 g/mol. The van der Waals surface area contributed by atoms with Gasteiger partial charge in [-0.2, -0.15) is 0 Å². The summed E-state index contributed by atoms with van der Waals surface area (Å²) in [7, 11) is -3.25. The van der Waals surface area contributed by atoms with Crippen molar-refractivity contribution in [2.24, 2.45) is 0 Å². The Labute approximate surface area is 152 Å². The molecular formula is C16H14BrF2NO4S. The number of esters is 1. The maximum atomic E-state index is 13.8. The molecule has 0 heterocycles. The van der Waals surface area contributed by atoms with E-state index in [1.54, 1.807) is 24.3 Å². The zero-order valence-corrected chi connectivity index (χ0v) is 15.4. The maximum Gasteiger partial charge on any atom is 0.307 e. The summed E-state index contributed by atoms with van der Waals surface area (Å²) in [6.07, 6.45) is -0.316. The summed E-state index contributed by atoms with van der Waals surface area (Å²) in [5.41, 5.74) is 0.458. The van der Waals surface area contributed by atoms with E-state index in [-0.39, 0.29) is 6.42 Å².